The molecule has 0 bridgehead atoms. The Morgan fingerprint density at radius 3 is 2.44 bits per heavy atom. The van der Waals surface area contributed by atoms with Gasteiger partial charge in [0.15, 0.2) is 0 Å². The third-order valence-electron chi connectivity index (χ3n) is 2.43. The molecule has 0 atom stereocenters. The van der Waals surface area contributed by atoms with Crippen molar-refractivity contribution in [3.8, 4) is 0 Å². The van der Waals surface area contributed by atoms with Crippen molar-refractivity contribution in [1.82, 2.24) is 0 Å². The summed E-state index contributed by atoms with van der Waals surface area (Å²) in [5.41, 5.74) is 5.92. The molecule has 0 radical (unpaired) electrons. The van der Waals surface area contributed by atoms with E-state index in [0.717, 1.165) is 0 Å². The molecule has 5 nitrogen and oxygen atoms in total. The second-order valence-corrected chi connectivity index (χ2v) is 6.01. The van der Waals surface area contributed by atoms with Gasteiger partial charge in [-0.05, 0) is 18.6 Å². The van der Waals surface area contributed by atoms with Crippen molar-refractivity contribution in [3.05, 3.63) is 30.3 Å². The van der Waals surface area contributed by atoms with Crippen LogP contribution in [-0.2, 0) is 10.0 Å². The van der Waals surface area contributed by atoms with Crippen LogP contribution in [0.3, 0.4) is 0 Å². The smallest absolute Gasteiger partial charge is 0.235 e. The van der Waals surface area contributed by atoms with Crippen LogP contribution in [0, 0.1) is 5.41 Å². The van der Waals surface area contributed by atoms with Gasteiger partial charge in [-0.1, -0.05) is 25.1 Å². The molecular formula is C12H19N3O2S. The van der Waals surface area contributed by atoms with Crippen molar-refractivity contribution < 1.29 is 8.42 Å². The molecule has 1 rings (SSSR count). The Kier molecular flexibility index (Phi) is 5.15. The molecule has 0 spiro atoms. The summed E-state index contributed by atoms with van der Waals surface area (Å²) in [7, 11) is -3.34. The minimum absolute atomic E-state index is 0.0115. The summed E-state index contributed by atoms with van der Waals surface area (Å²) in [6, 6.07) is 8.90. The zero-order valence-corrected chi connectivity index (χ0v) is 11.3. The number of hydrogen-bond acceptors (Lipinski definition) is 3. The molecule has 1 aromatic rings. The predicted molar refractivity (Wildman–Crippen MR) is 74.4 cm³/mol. The van der Waals surface area contributed by atoms with E-state index in [9.17, 15) is 8.42 Å². The number of sulfonamides is 1. The van der Waals surface area contributed by atoms with Gasteiger partial charge in [-0.3, -0.25) is 9.71 Å². The molecule has 0 fully saturated rings. The summed E-state index contributed by atoms with van der Waals surface area (Å²) in [4.78, 5) is 0. The lowest BCUT2D eigenvalue weighted by Crippen LogP contribution is -2.35. The van der Waals surface area contributed by atoms with Crippen molar-refractivity contribution >= 4 is 21.5 Å². The SMILES string of the molecule is CCCS(=O)(=O)N(CCC(=N)N)c1ccccc1. The third-order valence-corrected chi connectivity index (χ3v) is 4.42. The van der Waals surface area contributed by atoms with Crippen molar-refractivity contribution in [2.75, 3.05) is 16.6 Å². The molecule has 0 heterocycles. The number of nitrogens with two attached hydrogens (primary N) is 1. The number of amidine groups is 1. The first-order valence-corrected chi connectivity index (χ1v) is 7.46. The van der Waals surface area contributed by atoms with E-state index >= 15 is 0 Å². The molecule has 0 aliphatic rings. The first-order chi connectivity index (χ1) is 8.47. The minimum atomic E-state index is -3.34. The molecule has 18 heavy (non-hydrogen) atoms. The zero-order valence-electron chi connectivity index (χ0n) is 10.5. The Morgan fingerprint density at radius 2 is 1.94 bits per heavy atom. The Hall–Kier alpha value is -1.56. The van der Waals surface area contributed by atoms with E-state index in [-0.39, 0.29) is 24.6 Å². The van der Waals surface area contributed by atoms with E-state index in [1.54, 1.807) is 24.3 Å². The molecule has 0 aliphatic carbocycles. The number of hydrogen-bond donors (Lipinski definition) is 2. The van der Waals surface area contributed by atoms with Gasteiger partial charge in [0.1, 0.15) is 0 Å². The lowest BCUT2D eigenvalue weighted by atomic mass is 10.3. The summed E-state index contributed by atoms with van der Waals surface area (Å²) < 4.78 is 25.6. The van der Waals surface area contributed by atoms with E-state index in [0.29, 0.717) is 12.1 Å². The number of nitrogens with zero attached hydrogens (tertiary/aromatic N) is 1. The number of para-hydroxylation sites is 1. The predicted octanol–water partition coefficient (Wildman–Crippen LogP) is 1.56. The van der Waals surface area contributed by atoms with Crippen LogP contribution >= 0.6 is 0 Å². The highest BCUT2D eigenvalue weighted by Gasteiger charge is 2.21. The van der Waals surface area contributed by atoms with Crippen LogP contribution in [0.2, 0.25) is 0 Å². The average Bonchev–Trinajstić information content (AvgIpc) is 2.29. The lowest BCUT2D eigenvalue weighted by molar-refractivity contribution is 0.590. The van der Waals surface area contributed by atoms with Gasteiger partial charge in [-0.25, -0.2) is 8.42 Å². The van der Waals surface area contributed by atoms with Gasteiger partial charge < -0.3 is 5.73 Å². The fourth-order valence-electron chi connectivity index (χ4n) is 1.61. The fourth-order valence-corrected chi connectivity index (χ4v) is 3.16. The van der Waals surface area contributed by atoms with Crippen LogP contribution in [0.1, 0.15) is 19.8 Å². The number of benzene rings is 1. The molecule has 3 N–H and O–H groups in total. The Balaban J connectivity index is 2.99. The van der Waals surface area contributed by atoms with Gasteiger partial charge in [-0.2, -0.15) is 0 Å². The van der Waals surface area contributed by atoms with Crippen molar-refractivity contribution in [1.29, 1.82) is 5.41 Å². The summed E-state index contributed by atoms with van der Waals surface area (Å²) in [6.45, 7) is 2.04. The number of anilines is 1. The van der Waals surface area contributed by atoms with E-state index < -0.39 is 10.0 Å². The van der Waals surface area contributed by atoms with Crippen LogP contribution in [0.15, 0.2) is 30.3 Å². The summed E-state index contributed by atoms with van der Waals surface area (Å²) in [5, 5.41) is 7.21. The summed E-state index contributed by atoms with van der Waals surface area (Å²) in [5.74, 6) is 0.0856. The highest BCUT2D eigenvalue weighted by atomic mass is 32.2. The zero-order chi connectivity index (χ0) is 13.6. The topological polar surface area (TPSA) is 87.2 Å². The van der Waals surface area contributed by atoms with Crippen LogP contribution in [-0.4, -0.2) is 26.6 Å². The standard InChI is InChI=1S/C12H19N3O2S/c1-2-10-18(16,17)15(9-8-12(13)14)11-6-4-3-5-7-11/h3-7H,2,8-10H2,1H3,(H3,13,14). The maximum absolute atomic E-state index is 12.2. The maximum Gasteiger partial charge on any atom is 0.235 e. The van der Waals surface area contributed by atoms with Crippen molar-refractivity contribution in [2.24, 2.45) is 5.73 Å². The van der Waals surface area contributed by atoms with E-state index in [1.807, 2.05) is 13.0 Å². The highest BCUT2D eigenvalue weighted by molar-refractivity contribution is 7.92. The number of nitrogens with one attached hydrogen (secondary N) is 1. The van der Waals surface area contributed by atoms with Gasteiger partial charge in [0, 0.05) is 13.0 Å². The molecule has 6 heteroatoms. The van der Waals surface area contributed by atoms with Crippen LogP contribution in [0.4, 0.5) is 5.69 Å². The molecule has 0 saturated carbocycles. The second kappa shape index (κ2) is 6.39. The van der Waals surface area contributed by atoms with Crippen LogP contribution in [0.25, 0.3) is 0 Å². The maximum atomic E-state index is 12.2. The quantitative estimate of drug-likeness (QED) is 0.581. The molecule has 0 amide bonds. The monoisotopic (exact) mass is 269 g/mol. The van der Waals surface area contributed by atoms with Gasteiger partial charge in [0.25, 0.3) is 0 Å². The second-order valence-electron chi connectivity index (χ2n) is 4.00. The fraction of sp³-hybridized carbons (Fsp3) is 0.417. The molecule has 0 saturated heterocycles. The van der Waals surface area contributed by atoms with E-state index in [1.165, 1.54) is 4.31 Å². The molecule has 0 unspecified atom stereocenters. The lowest BCUT2D eigenvalue weighted by Gasteiger charge is -2.24. The van der Waals surface area contributed by atoms with Gasteiger partial charge >= 0.3 is 0 Å². The molecule has 0 aromatic heterocycles. The minimum Gasteiger partial charge on any atom is -0.388 e. The van der Waals surface area contributed by atoms with E-state index in [2.05, 4.69) is 0 Å². The Bertz CT molecular complexity index is 485. The molecule has 1 aromatic carbocycles. The molecule has 100 valence electrons. The first kappa shape index (κ1) is 14.5. The third kappa shape index (κ3) is 4.03. The first-order valence-electron chi connectivity index (χ1n) is 5.85. The summed E-state index contributed by atoms with van der Waals surface area (Å²) in [6.07, 6.45) is 0.795. The highest BCUT2D eigenvalue weighted by Crippen LogP contribution is 2.18. The van der Waals surface area contributed by atoms with E-state index in [4.69, 9.17) is 11.1 Å². The molecular weight excluding hydrogens is 250 g/mol. The van der Waals surface area contributed by atoms with Crippen molar-refractivity contribution in [3.63, 3.8) is 0 Å². The summed E-state index contributed by atoms with van der Waals surface area (Å²) >= 11 is 0. The van der Waals surface area contributed by atoms with Gasteiger partial charge in [0.2, 0.25) is 10.0 Å². The Morgan fingerprint density at radius 1 is 1.33 bits per heavy atom. The largest absolute Gasteiger partial charge is 0.388 e. The normalized spacial score (nSPS) is 11.2. The van der Waals surface area contributed by atoms with Gasteiger partial charge in [-0.15, -0.1) is 0 Å². The Labute approximate surface area is 108 Å². The van der Waals surface area contributed by atoms with Crippen LogP contribution < -0.4 is 10.0 Å². The molecule has 0 aliphatic heterocycles. The van der Waals surface area contributed by atoms with Gasteiger partial charge in [0.05, 0.1) is 17.3 Å². The average molecular weight is 269 g/mol. The van der Waals surface area contributed by atoms with Crippen LogP contribution in [0.5, 0.6) is 0 Å². The van der Waals surface area contributed by atoms with Crippen molar-refractivity contribution in [2.45, 2.75) is 19.8 Å². The number of rotatable bonds is 7.